The Hall–Kier alpha value is -2.76. The van der Waals surface area contributed by atoms with Crippen LogP contribution in [0.2, 0.25) is 0 Å². The molecule has 1 N–H and O–H groups in total. The summed E-state index contributed by atoms with van der Waals surface area (Å²) < 4.78 is 23.9. The van der Waals surface area contributed by atoms with Crippen molar-refractivity contribution in [3.63, 3.8) is 0 Å². The lowest BCUT2D eigenvalue weighted by Gasteiger charge is -2.35. The second-order valence-corrected chi connectivity index (χ2v) is 6.79. The summed E-state index contributed by atoms with van der Waals surface area (Å²) in [6.07, 6.45) is 1.87. The molecule has 1 fully saturated rings. The van der Waals surface area contributed by atoms with Gasteiger partial charge in [0.25, 0.3) is 5.91 Å². The van der Waals surface area contributed by atoms with Crippen molar-refractivity contribution in [1.82, 2.24) is 5.32 Å². The van der Waals surface area contributed by atoms with Crippen LogP contribution in [-0.4, -0.2) is 39.3 Å². The van der Waals surface area contributed by atoms with Gasteiger partial charge in [0.1, 0.15) is 17.3 Å². The number of amides is 1. The minimum Gasteiger partial charge on any atom is -0.497 e. The molecule has 1 unspecified atom stereocenters. The summed E-state index contributed by atoms with van der Waals surface area (Å²) in [5.74, 6) is 0.762. The van der Waals surface area contributed by atoms with Crippen molar-refractivity contribution in [3.8, 4) is 11.5 Å². The summed E-state index contributed by atoms with van der Waals surface area (Å²) in [7, 11) is 3.11. The lowest BCUT2D eigenvalue weighted by molar-refractivity contribution is 0.0932. The largest absolute Gasteiger partial charge is 0.497 e. The third kappa shape index (κ3) is 4.51. The zero-order chi connectivity index (χ0) is 19.4. The van der Waals surface area contributed by atoms with E-state index in [1.165, 1.54) is 6.07 Å². The number of carbonyl (C=O) groups excluding carboxylic acids is 1. The fraction of sp³-hybridized carbons (Fsp3) is 0.381. The van der Waals surface area contributed by atoms with Crippen molar-refractivity contribution >= 4 is 11.6 Å². The highest BCUT2D eigenvalue weighted by Crippen LogP contribution is 2.26. The molecule has 27 heavy (non-hydrogen) atoms. The first kappa shape index (κ1) is 19.0. The van der Waals surface area contributed by atoms with Gasteiger partial charge in [-0.2, -0.15) is 0 Å². The minimum atomic E-state index is -0.231. The highest BCUT2D eigenvalue weighted by molar-refractivity contribution is 5.95. The number of hydrogen-bond donors (Lipinski definition) is 1. The van der Waals surface area contributed by atoms with Crippen LogP contribution in [0.3, 0.4) is 0 Å². The summed E-state index contributed by atoms with van der Waals surface area (Å²) in [6, 6.07) is 9.98. The highest BCUT2D eigenvalue weighted by atomic mass is 19.1. The normalized spacial score (nSPS) is 16.7. The Kier molecular flexibility index (Phi) is 5.84. The van der Waals surface area contributed by atoms with Gasteiger partial charge >= 0.3 is 0 Å². The quantitative estimate of drug-likeness (QED) is 0.872. The SMILES string of the molecule is COc1cc(OC)cc(C(=O)NC2CCCN(c3ccc(F)cc3C)C2)c1. The minimum absolute atomic E-state index is 0.0212. The number of rotatable bonds is 5. The molecule has 6 heteroatoms. The van der Waals surface area contributed by atoms with E-state index in [9.17, 15) is 9.18 Å². The van der Waals surface area contributed by atoms with Crippen LogP contribution < -0.4 is 19.7 Å². The standard InChI is InChI=1S/C21H25FN2O3/c1-14-9-16(22)6-7-20(14)24-8-4-5-17(13-24)23-21(25)15-10-18(26-2)12-19(11-15)27-3/h6-7,9-12,17H,4-5,8,13H2,1-3H3,(H,23,25). The van der Waals surface area contributed by atoms with Crippen LogP contribution in [0.25, 0.3) is 0 Å². The van der Waals surface area contributed by atoms with Gasteiger partial charge in [0.2, 0.25) is 0 Å². The summed E-state index contributed by atoms with van der Waals surface area (Å²) in [5, 5.41) is 3.10. The first-order chi connectivity index (χ1) is 13.0. The van der Waals surface area contributed by atoms with Crippen molar-refractivity contribution in [2.45, 2.75) is 25.8 Å². The molecular formula is C21H25FN2O3. The Morgan fingerprint density at radius 3 is 2.48 bits per heavy atom. The number of aryl methyl sites for hydroxylation is 1. The molecule has 1 amide bonds. The van der Waals surface area contributed by atoms with Crippen LogP contribution >= 0.6 is 0 Å². The number of halogens is 1. The fourth-order valence-corrected chi connectivity index (χ4v) is 3.49. The lowest BCUT2D eigenvalue weighted by Crippen LogP contribution is -2.48. The summed E-state index contributed by atoms with van der Waals surface area (Å²) >= 11 is 0. The number of methoxy groups -OCH3 is 2. The molecule has 0 radical (unpaired) electrons. The molecule has 1 aliphatic rings. The predicted molar refractivity (Wildman–Crippen MR) is 103 cm³/mol. The van der Waals surface area contributed by atoms with E-state index >= 15 is 0 Å². The van der Waals surface area contributed by atoms with E-state index in [0.29, 0.717) is 23.6 Å². The third-order valence-corrected chi connectivity index (χ3v) is 4.87. The van der Waals surface area contributed by atoms with Crippen molar-refractivity contribution < 1.29 is 18.7 Å². The number of ether oxygens (including phenoxy) is 2. The Bertz CT molecular complexity index is 803. The van der Waals surface area contributed by atoms with E-state index in [-0.39, 0.29) is 17.8 Å². The van der Waals surface area contributed by atoms with Crippen LogP contribution in [-0.2, 0) is 0 Å². The first-order valence-corrected chi connectivity index (χ1v) is 9.05. The number of carbonyl (C=O) groups is 1. The zero-order valence-corrected chi connectivity index (χ0v) is 15.9. The molecular weight excluding hydrogens is 347 g/mol. The molecule has 3 rings (SSSR count). The van der Waals surface area contributed by atoms with Gasteiger partial charge in [-0.15, -0.1) is 0 Å². The Morgan fingerprint density at radius 1 is 1.15 bits per heavy atom. The number of nitrogens with one attached hydrogen (secondary N) is 1. The maximum Gasteiger partial charge on any atom is 0.251 e. The van der Waals surface area contributed by atoms with Gasteiger partial charge in [0.15, 0.2) is 0 Å². The molecule has 1 heterocycles. The van der Waals surface area contributed by atoms with E-state index < -0.39 is 0 Å². The van der Waals surface area contributed by atoms with E-state index in [0.717, 1.165) is 30.6 Å². The summed E-state index contributed by atoms with van der Waals surface area (Å²) in [4.78, 5) is 14.9. The summed E-state index contributed by atoms with van der Waals surface area (Å²) in [6.45, 7) is 3.49. The van der Waals surface area contributed by atoms with Crippen LogP contribution in [0.4, 0.5) is 10.1 Å². The molecule has 2 aromatic carbocycles. The third-order valence-electron chi connectivity index (χ3n) is 4.87. The number of anilines is 1. The van der Waals surface area contributed by atoms with Crippen LogP contribution in [0.1, 0.15) is 28.8 Å². The Labute approximate surface area is 159 Å². The van der Waals surface area contributed by atoms with Gasteiger partial charge in [-0.1, -0.05) is 0 Å². The number of nitrogens with zero attached hydrogens (tertiary/aromatic N) is 1. The van der Waals surface area contributed by atoms with Crippen molar-refractivity contribution in [2.24, 2.45) is 0 Å². The summed E-state index contributed by atoms with van der Waals surface area (Å²) in [5.41, 5.74) is 2.42. The van der Waals surface area contributed by atoms with Gasteiger partial charge in [0, 0.05) is 36.4 Å². The van der Waals surface area contributed by atoms with Crippen molar-refractivity contribution in [2.75, 3.05) is 32.2 Å². The molecule has 0 saturated carbocycles. The average molecular weight is 372 g/mol. The molecule has 144 valence electrons. The lowest BCUT2D eigenvalue weighted by atomic mass is 10.0. The number of hydrogen-bond acceptors (Lipinski definition) is 4. The molecule has 2 aromatic rings. The van der Waals surface area contributed by atoms with E-state index in [2.05, 4.69) is 10.2 Å². The Morgan fingerprint density at radius 2 is 1.85 bits per heavy atom. The molecule has 1 saturated heterocycles. The monoisotopic (exact) mass is 372 g/mol. The van der Waals surface area contributed by atoms with Gasteiger partial charge < -0.3 is 19.7 Å². The number of benzene rings is 2. The molecule has 5 nitrogen and oxygen atoms in total. The maximum absolute atomic E-state index is 13.4. The second kappa shape index (κ2) is 8.29. The topological polar surface area (TPSA) is 50.8 Å². The Balaban J connectivity index is 1.71. The van der Waals surface area contributed by atoms with Gasteiger partial charge in [0.05, 0.1) is 14.2 Å². The average Bonchev–Trinajstić information content (AvgIpc) is 2.67. The molecule has 1 aliphatic heterocycles. The van der Waals surface area contributed by atoms with Crippen molar-refractivity contribution in [3.05, 3.63) is 53.3 Å². The first-order valence-electron chi connectivity index (χ1n) is 9.05. The van der Waals surface area contributed by atoms with Crippen LogP contribution in [0, 0.1) is 12.7 Å². The number of piperidine rings is 1. The molecule has 0 aliphatic carbocycles. The van der Waals surface area contributed by atoms with E-state index in [4.69, 9.17) is 9.47 Å². The zero-order valence-electron chi connectivity index (χ0n) is 15.9. The van der Waals surface area contributed by atoms with Gasteiger partial charge in [-0.25, -0.2) is 4.39 Å². The fourth-order valence-electron chi connectivity index (χ4n) is 3.49. The molecule has 0 bridgehead atoms. The molecule has 0 aromatic heterocycles. The van der Waals surface area contributed by atoms with Crippen LogP contribution in [0.5, 0.6) is 11.5 Å². The van der Waals surface area contributed by atoms with E-state index in [1.54, 1.807) is 38.5 Å². The van der Waals surface area contributed by atoms with Crippen molar-refractivity contribution in [1.29, 1.82) is 0 Å². The van der Waals surface area contributed by atoms with Gasteiger partial charge in [-0.3, -0.25) is 4.79 Å². The van der Waals surface area contributed by atoms with E-state index in [1.807, 2.05) is 13.0 Å². The predicted octanol–water partition coefficient (Wildman–Crippen LogP) is 3.55. The molecule has 0 spiro atoms. The smallest absolute Gasteiger partial charge is 0.251 e. The molecule has 1 atom stereocenters. The van der Waals surface area contributed by atoms with Crippen LogP contribution in [0.15, 0.2) is 36.4 Å². The maximum atomic E-state index is 13.4. The second-order valence-electron chi connectivity index (χ2n) is 6.79. The van der Waals surface area contributed by atoms with Gasteiger partial charge in [-0.05, 0) is 55.7 Å². The highest BCUT2D eigenvalue weighted by Gasteiger charge is 2.23.